The summed E-state index contributed by atoms with van der Waals surface area (Å²) >= 11 is 0. The zero-order chi connectivity index (χ0) is 19.6. The van der Waals surface area contributed by atoms with E-state index >= 15 is 0 Å². The average Bonchev–Trinajstić information content (AvgIpc) is 3.67. The number of nitriles is 1. The van der Waals surface area contributed by atoms with Gasteiger partial charge < -0.3 is 10.1 Å². The van der Waals surface area contributed by atoms with Crippen LogP contribution in [0.2, 0.25) is 0 Å². The molecule has 0 radical (unpaired) electrons. The fraction of sp³-hybridized carbons (Fsp3) is 0.375. The van der Waals surface area contributed by atoms with Crippen molar-refractivity contribution in [1.82, 2.24) is 10.2 Å². The minimum absolute atomic E-state index is 0.358. The number of nitrogens with zero attached hydrogens (tertiary/aromatic N) is 3. The Bertz CT molecular complexity index is 1080. The van der Waals surface area contributed by atoms with Gasteiger partial charge in [0.05, 0.1) is 17.8 Å². The first-order valence-electron chi connectivity index (χ1n) is 10.5. The summed E-state index contributed by atoms with van der Waals surface area (Å²) in [6, 6.07) is 16.5. The molecule has 2 fully saturated rings. The van der Waals surface area contributed by atoms with Crippen molar-refractivity contribution in [2.75, 3.05) is 18.5 Å². The van der Waals surface area contributed by atoms with Crippen LogP contribution >= 0.6 is 0 Å². The third-order valence-electron chi connectivity index (χ3n) is 5.77. The van der Waals surface area contributed by atoms with Crippen molar-refractivity contribution in [3.63, 3.8) is 0 Å². The molecule has 1 heterocycles. The quantitative estimate of drug-likeness (QED) is 0.580. The summed E-state index contributed by atoms with van der Waals surface area (Å²) in [4.78, 5) is 0. The number of benzene rings is 2. The molecule has 0 unspecified atom stereocenters. The van der Waals surface area contributed by atoms with Crippen molar-refractivity contribution in [1.29, 1.82) is 5.26 Å². The molecule has 0 saturated heterocycles. The Kier molecular flexibility index (Phi) is 4.77. The third kappa shape index (κ3) is 4.17. The van der Waals surface area contributed by atoms with E-state index in [0.717, 1.165) is 64.9 Å². The first-order valence-corrected chi connectivity index (χ1v) is 10.5. The standard InChI is InChI=1S/C24H24N4O/c25-14-23-24(26-11-10-16-4-5-16)21-9-8-19(13-22(21)27-28-23)18-2-1-3-20(12-18)29-15-17-6-7-17/h1-3,8-9,12-13,16-17H,4-7,10-11,15H2,(H,26,27). The monoisotopic (exact) mass is 384 g/mol. The summed E-state index contributed by atoms with van der Waals surface area (Å²) in [6.07, 6.45) is 6.36. The van der Waals surface area contributed by atoms with E-state index in [1.54, 1.807) is 0 Å². The van der Waals surface area contributed by atoms with Crippen LogP contribution in [0.5, 0.6) is 5.75 Å². The molecule has 5 nitrogen and oxygen atoms in total. The molecule has 1 aromatic heterocycles. The van der Waals surface area contributed by atoms with Gasteiger partial charge in [0.15, 0.2) is 5.69 Å². The second-order valence-electron chi connectivity index (χ2n) is 8.21. The van der Waals surface area contributed by atoms with Crippen molar-refractivity contribution in [3.05, 3.63) is 48.2 Å². The fourth-order valence-corrected chi connectivity index (χ4v) is 3.62. The summed E-state index contributed by atoms with van der Waals surface area (Å²) < 4.78 is 5.92. The van der Waals surface area contributed by atoms with Crippen LogP contribution in [0.1, 0.15) is 37.8 Å². The molecule has 5 rings (SSSR count). The lowest BCUT2D eigenvalue weighted by Crippen LogP contribution is -2.07. The van der Waals surface area contributed by atoms with Gasteiger partial charge in [0.25, 0.3) is 0 Å². The fourth-order valence-electron chi connectivity index (χ4n) is 3.62. The van der Waals surface area contributed by atoms with E-state index in [-0.39, 0.29) is 0 Å². The molecule has 0 atom stereocenters. The molecule has 2 aromatic carbocycles. The lowest BCUT2D eigenvalue weighted by molar-refractivity contribution is 0.300. The molecule has 0 bridgehead atoms. The number of aromatic nitrogens is 2. The highest BCUT2D eigenvalue weighted by Crippen LogP contribution is 2.34. The molecule has 5 heteroatoms. The summed E-state index contributed by atoms with van der Waals surface area (Å²) in [5, 5.41) is 22.3. The maximum absolute atomic E-state index is 9.45. The normalized spacial score (nSPS) is 15.8. The highest BCUT2D eigenvalue weighted by atomic mass is 16.5. The maximum Gasteiger partial charge on any atom is 0.186 e. The van der Waals surface area contributed by atoms with E-state index in [1.165, 1.54) is 25.7 Å². The van der Waals surface area contributed by atoms with Gasteiger partial charge in [0.1, 0.15) is 11.8 Å². The Morgan fingerprint density at radius 2 is 1.83 bits per heavy atom. The first kappa shape index (κ1) is 17.9. The van der Waals surface area contributed by atoms with Crippen molar-refractivity contribution in [2.24, 2.45) is 11.8 Å². The van der Waals surface area contributed by atoms with Crippen molar-refractivity contribution < 1.29 is 4.74 Å². The number of nitrogens with one attached hydrogen (secondary N) is 1. The van der Waals surface area contributed by atoms with Gasteiger partial charge in [-0.3, -0.25) is 0 Å². The van der Waals surface area contributed by atoms with Gasteiger partial charge in [-0.1, -0.05) is 31.0 Å². The van der Waals surface area contributed by atoms with Gasteiger partial charge in [-0.15, -0.1) is 10.2 Å². The third-order valence-corrected chi connectivity index (χ3v) is 5.77. The summed E-state index contributed by atoms with van der Waals surface area (Å²) in [5.41, 5.74) is 4.11. The van der Waals surface area contributed by atoms with E-state index in [1.807, 2.05) is 24.3 Å². The van der Waals surface area contributed by atoms with E-state index in [2.05, 4.69) is 39.8 Å². The van der Waals surface area contributed by atoms with Crippen LogP contribution in [0, 0.1) is 23.2 Å². The highest BCUT2D eigenvalue weighted by molar-refractivity contribution is 5.95. The molecular formula is C24H24N4O. The van der Waals surface area contributed by atoms with Crippen LogP contribution in [0.25, 0.3) is 22.0 Å². The second kappa shape index (κ2) is 7.71. The minimum Gasteiger partial charge on any atom is -0.493 e. The highest BCUT2D eigenvalue weighted by Gasteiger charge is 2.22. The molecule has 1 N–H and O–H groups in total. The van der Waals surface area contributed by atoms with Gasteiger partial charge in [-0.05, 0) is 66.5 Å². The number of hydrogen-bond donors (Lipinski definition) is 1. The Balaban J connectivity index is 1.42. The van der Waals surface area contributed by atoms with E-state index < -0.39 is 0 Å². The van der Waals surface area contributed by atoms with Crippen LogP contribution in [0.15, 0.2) is 42.5 Å². The molecule has 0 aliphatic heterocycles. The second-order valence-corrected chi connectivity index (χ2v) is 8.21. The predicted octanol–water partition coefficient (Wildman–Crippen LogP) is 5.17. The van der Waals surface area contributed by atoms with Crippen molar-refractivity contribution in [3.8, 4) is 22.9 Å². The van der Waals surface area contributed by atoms with Gasteiger partial charge in [-0.2, -0.15) is 5.26 Å². The summed E-state index contributed by atoms with van der Waals surface area (Å²) in [5.74, 6) is 2.48. The Hall–Kier alpha value is -3.13. The lowest BCUT2D eigenvalue weighted by Gasteiger charge is -2.12. The molecule has 146 valence electrons. The number of fused-ring (bicyclic) bond motifs is 1. The summed E-state index contributed by atoms with van der Waals surface area (Å²) in [7, 11) is 0. The molecule has 2 saturated carbocycles. The van der Waals surface area contributed by atoms with Gasteiger partial charge in [0.2, 0.25) is 0 Å². The summed E-state index contributed by atoms with van der Waals surface area (Å²) in [6.45, 7) is 1.67. The van der Waals surface area contributed by atoms with E-state index in [4.69, 9.17) is 4.74 Å². The number of ether oxygens (including phenoxy) is 1. The molecule has 2 aliphatic rings. The molecule has 0 amide bonds. The Labute approximate surface area is 170 Å². The largest absolute Gasteiger partial charge is 0.493 e. The van der Waals surface area contributed by atoms with Crippen LogP contribution in [0.4, 0.5) is 5.69 Å². The van der Waals surface area contributed by atoms with E-state index in [0.29, 0.717) is 5.69 Å². The topological polar surface area (TPSA) is 70.8 Å². The molecule has 3 aromatic rings. The molecular weight excluding hydrogens is 360 g/mol. The van der Waals surface area contributed by atoms with Crippen LogP contribution < -0.4 is 10.1 Å². The van der Waals surface area contributed by atoms with Crippen LogP contribution in [-0.2, 0) is 0 Å². The zero-order valence-corrected chi connectivity index (χ0v) is 16.4. The van der Waals surface area contributed by atoms with E-state index in [9.17, 15) is 5.26 Å². The molecule has 29 heavy (non-hydrogen) atoms. The maximum atomic E-state index is 9.45. The van der Waals surface area contributed by atoms with Crippen molar-refractivity contribution >= 4 is 16.6 Å². The predicted molar refractivity (Wildman–Crippen MR) is 114 cm³/mol. The van der Waals surface area contributed by atoms with Crippen LogP contribution in [-0.4, -0.2) is 23.3 Å². The number of anilines is 1. The average molecular weight is 384 g/mol. The first-order chi connectivity index (χ1) is 14.3. The number of hydrogen-bond acceptors (Lipinski definition) is 5. The zero-order valence-electron chi connectivity index (χ0n) is 16.4. The Morgan fingerprint density at radius 1 is 1.00 bits per heavy atom. The SMILES string of the molecule is N#Cc1nnc2cc(-c3cccc(OCC4CC4)c3)ccc2c1NCCC1CC1. The molecule has 0 spiro atoms. The number of rotatable bonds is 8. The van der Waals surface area contributed by atoms with Crippen LogP contribution in [0.3, 0.4) is 0 Å². The van der Waals surface area contributed by atoms with Crippen molar-refractivity contribution in [2.45, 2.75) is 32.1 Å². The smallest absolute Gasteiger partial charge is 0.186 e. The molecule has 2 aliphatic carbocycles. The minimum atomic E-state index is 0.358. The lowest BCUT2D eigenvalue weighted by atomic mass is 10.0. The van der Waals surface area contributed by atoms with Gasteiger partial charge in [-0.25, -0.2) is 0 Å². The Morgan fingerprint density at radius 3 is 2.62 bits per heavy atom. The van der Waals surface area contributed by atoms with Gasteiger partial charge in [0, 0.05) is 11.9 Å². The van der Waals surface area contributed by atoms with Gasteiger partial charge >= 0.3 is 0 Å².